The van der Waals surface area contributed by atoms with Crippen molar-refractivity contribution < 1.29 is 14.3 Å². The summed E-state index contributed by atoms with van der Waals surface area (Å²) in [6.07, 6.45) is -0.126. The van der Waals surface area contributed by atoms with E-state index >= 15 is 0 Å². The van der Waals surface area contributed by atoms with Gasteiger partial charge in [0.25, 0.3) is 5.91 Å². The summed E-state index contributed by atoms with van der Waals surface area (Å²) in [5.41, 5.74) is 2.87. The average Bonchev–Trinajstić information content (AvgIpc) is 3.14. The highest BCUT2D eigenvalue weighted by Gasteiger charge is 2.24. The number of ether oxygens (including phenoxy) is 2. The molecular weight excluding hydrogens is 378 g/mol. The zero-order chi connectivity index (χ0) is 19.5. The van der Waals surface area contributed by atoms with Crippen LogP contribution in [-0.2, 0) is 17.9 Å². The first-order valence-electron chi connectivity index (χ1n) is 9.11. The van der Waals surface area contributed by atoms with Gasteiger partial charge in [-0.2, -0.15) is 5.10 Å². The highest BCUT2D eigenvalue weighted by atomic mass is 35.5. The number of carbonyl (C=O) groups is 1. The van der Waals surface area contributed by atoms with E-state index in [1.807, 2.05) is 54.1 Å². The SMILES string of the molecule is CCOc1ccccc1NC(=O)c1cc2n(n1)C[C@@H](c1ccc(Cl)cc1)OC2. The van der Waals surface area contributed by atoms with Crippen molar-refractivity contribution in [2.45, 2.75) is 26.2 Å². The Hall–Kier alpha value is -2.83. The van der Waals surface area contributed by atoms with Gasteiger partial charge in [-0.15, -0.1) is 0 Å². The van der Waals surface area contributed by atoms with Crippen LogP contribution in [0.1, 0.15) is 34.8 Å². The van der Waals surface area contributed by atoms with Crippen molar-refractivity contribution in [2.24, 2.45) is 0 Å². The molecule has 1 atom stereocenters. The molecule has 1 aliphatic rings. The molecule has 0 aliphatic carbocycles. The van der Waals surface area contributed by atoms with E-state index in [0.29, 0.717) is 41.9 Å². The van der Waals surface area contributed by atoms with Crippen LogP contribution in [0, 0.1) is 0 Å². The molecule has 1 N–H and O–H groups in total. The second-order valence-electron chi connectivity index (χ2n) is 6.44. The largest absolute Gasteiger partial charge is 0.492 e. The first kappa shape index (κ1) is 18.5. The van der Waals surface area contributed by atoms with Gasteiger partial charge in [0.1, 0.15) is 11.9 Å². The average molecular weight is 398 g/mol. The molecule has 144 valence electrons. The molecule has 0 spiro atoms. The molecule has 0 saturated heterocycles. The summed E-state index contributed by atoms with van der Waals surface area (Å²) >= 11 is 5.96. The number of carbonyl (C=O) groups excluding carboxylic acids is 1. The molecule has 4 rings (SSSR count). The molecule has 28 heavy (non-hydrogen) atoms. The smallest absolute Gasteiger partial charge is 0.276 e. The number of hydrogen-bond donors (Lipinski definition) is 1. The zero-order valence-corrected chi connectivity index (χ0v) is 16.1. The Morgan fingerprint density at radius 2 is 2.07 bits per heavy atom. The molecule has 1 aliphatic heterocycles. The lowest BCUT2D eigenvalue weighted by atomic mass is 10.1. The molecule has 0 radical (unpaired) electrons. The predicted molar refractivity (Wildman–Crippen MR) is 107 cm³/mol. The van der Waals surface area contributed by atoms with Gasteiger partial charge < -0.3 is 14.8 Å². The lowest BCUT2D eigenvalue weighted by Crippen LogP contribution is -2.22. The monoisotopic (exact) mass is 397 g/mol. The van der Waals surface area contributed by atoms with E-state index in [1.165, 1.54) is 0 Å². The van der Waals surface area contributed by atoms with E-state index in [9.17, 15) is 4.79 Å². The fourth-order valence-electron chi connectivity index (χ4n) is 3.15. The number of anilines is 1. The number of benzene rings is 2. The molecule has 3 aromatic rings. The lowest BCUT2D eigenvalue weighted by Gasteiger charge is -2.24. The maximum atomic E-state index is 12.7. The molecule has 2 aromatic carbocycles. The van der Waals surface area contributed by atoms with Crippen LogP contribution in [0.2, 0.25) is 5.02 Å². The number of para-hydroxylation sites is 2. The fourth-order valence-corrected chi connectivity index (χ4v) is 3.28. The van der Waals surface area contributed by atoms with Crippen molar-refractivity contribution in [3.63, 3.8) is 0 Å². The van der Waals surface area contributed by atoms with Crippen molar-refractivity contribution in [3.8, 4) is 5.75 Å². The van der Waals surface area contributed by atoms with Crippen molar-refractivity contribution in [3.05, 3.63) is 76.6 Å². The van der Waals surface area contributed by atoms with E-state index < -0.39 is 0 Å². The summed E-state index contributed by atoms with van der Waals surface area (Å²) in [6.45, 7) is 3.36. The second kappa shape index (κ2) is 8.04. The minimum atomic E-state index is -0.280. The summed E-state index contributed by atoms with van der Waals surface area (Å²) in [5, 5.41) is 8.03. The molecular formula is C21H20ClN3O3. The van der Waals surface area contributed by atoms with Crippen LogP contribution >= 0.6 is 11.6 Å². The van der Waals surface area contributed by atoms with Crippen molar-refractivity contribution in [1.82, 2.24) is 9.78 Å². The number of nitrogens with zero attached hydrogens (tertiary/aromatic N) is 2. The number of fused-ring (bicyclic) bond motifs is 1. The Labute approximate surface area is 168 Å². The van der Waals surface area contributed by atoms with E-state index in [-0.39, 0.29) is 12.0 Å². The topological polar surface area (TPSA) is 65.4 Å². The van der Waals surface area contributed by atoms with Gasteiger partial charge in [0.15, 0.2) is 5.69 Å². The van der Waals surface area contributed by atoms with Crippen molar-refractivity contribution in [1.29, 1.82) is 0 Å². The summed E-state index contributed by atoms with van der Waals surface area (Å²) in [5.74, 6) is 0.352. The van der Waals surface area contributed by atoms with Gasteiger partial charge >= 0.3 is 0 Å². The van der Waals surface area contributed by atoms with Gasteiger partial charge in [-0.1, -0.05) is 35.9 Å². The van der Waals surface area contributed by atoms with Crippen LogP contribution < -0.4 is 10.1 Å². The highest BCUT2D eigenvalue weighted by Crippen LogP contribution is 2.28. The Bertz CT molecular complexity index is 985. The predicted octanol–water partition coefficient (Wildman–Crippen LogP) is 4.46. The van der Waals surface area contributed by atoms with Crippen LogP contribution in [-0.4, -0.2) is 22.3 Å². The van der Waals surface area contributed by atoms with Gasteiger partial charge in [0, 0.05) is 5.02 Å². The van der Waals surface area contributed by atoms with E-state index in [0.717, 1.165) is 11.3 Å². The lowest BCUT2D eigenvalue weighted by molar-refractivity contribution is -0.00118. The maximum Gasteiger partial charge on any atom is 0.276 e. The third-order valence-electron chi connectivity index (χ3n) is 4.54. The van der Waals surface area contributed by atoms with Gasteiger partial charge in [0.05, 0.1) is 31.1 Å². The Morgan fingerprint density at radius 1 is 1.29 bits per heavy atom. The molecule has 0 fully saturated rings. The number of nitrogens with one attached hydrogen (secondary N) is 1. The standard InChI is InChI=1S/C21H20ClN3O3/c1-2-27-19-6-4-3-5-17(19)23-21(26)18-11-16-13-28-20(12-25(16)24-18)14-7-9-15(22)10-8-14/h3-11,20H,2,12-13H2,1H3,(H,23,26)/t20-/m0/s1. The first-order chi connectivity index (χ1) is 13.6. The van der Waals surface area contributed by atoms with Crippen LogP contribution in [0.15, 0.2) is 54.6 Å². The Morgan fingerprint density at radius 3 is 2.86 bits per heavy atom. The molecule has 6 nitrogen and oxygen atoms in total. The number of halogens is 1. The molecule has 1 amide bonds. The molecule has 0 saturated carbocycles. The highest BCUT2D eigenvalue weighted by molar-refractivity contribution is 6.30. The van der Waals surface area contributed by atoms with Crippen LogP contribution in [0.4, 0.5) is 5.69 Å². The zero-order valence-electron chi connectivity index (χ0n) is 15.4. The van der Waals surface area contributed by atoms with Crippen molar-refractivity contribution >= 4 is 23.2 Å². The summed E-state index contributed by atoms with van der Waals surface area (Å²) < 4.78 is 13.3. The van der Waals surface area contributed by atoms with E-state index in [2.05, 4.69) is 10.4 Å². The van der Waals surface area contributed by atoms with Crippen LogP contribution in [0.25, 0.3) is 0 Å². The van der Waals surface area contributed by atoms with E-state index in [4.69, 9.17) is 21.1 Å². The number of hydrogen-bond acceptors (Lipinski definition) is 4. The molecule has 0 unspecified atom stereocenters. The van der Waals surface area contributed by atoms with Crippen molar-refractivity contribution in [2.75, 3.05) is 11.9 Å². The molecule has 1 aromatic heterocycles. The van der Waals surface area contributed by atoms with Gasteiger partial charge in [-0.05, 0) is 42.8 Å². The van der Waals surface area contributed by atoms with Gasteiger partial charge in [-0.3, -0.25) is 9.48 Å². The Balaban J connectivity index is 1.50. The van der Waals surface area contributed by atoms with E-state index in [1.54, 1.807) is 12.1 Å². The van der Waals surface area contributed by atoms with Crippen LogP contribution in [0.3, 0.4) is 0 Å². The number of rotatable bonds is 5. The second-order valence-corrected chi connectivity index (χ2v) is 6.87. The van der Waals surface area contributed by atoms with Gasteiger partial charge in [-0.25, -0.2) is 0 Å². The summed E-state index contributed by atoms with van der Waals surface area (Å²) in [4.78, 5) is 12.7. The normalized spacial score (nSPS) is 15.7. The minimum Gasteiger partial charge on any atom is -0.492 e. The maximum absolute atomic E-state index is 12.7. The number of amides is 1. The Kier molecular flexibility index (Phi) is 5.32. The molecule has 2 heterocycles. The molecule has 0 bridgehead atoms. The van der Waals surface area contributed by atoms with Crippen LogP contribution in [0.5, 0.6) is 5.75 Å². The minimum absolute atomic E-state index is 0.126. The quantitative estimate of drug-likeness (QED) is 0.690. The first-order valence-corrected chi connectivity index (χ1v) is 9.49. The fraction of sp³-hybridized carbons (Fsp3) is 0.238. The number of aromatic nitrogens is 2. The third kappa shape index (κ3) is 3.88. The summed E-state index contributed by atoms with van der Waals surface area (Å²) in [7, 11) is 0. The molecule has 7 heteroatoms. The third-order valence-corrected chi connectivity index (χ3v) is 4.80. The van der Waals surface area contributed by atoms with Gasteiger partial charge in [0.2, 0.25) is 0 Å². The summed E-state index contributed by atoms with van der Waals surface area (Å²) in [6, 6.07) is 16.7.